The van der Waals surface area contributed by atoms with Crippen molar-refractivity contribution in [3.8, 4) is 5.75 Å². The summed E-state index contributed by atoms with van der Waals surface area (Å²) in [4.78, 5) is 17.1. The lowest BCUT2D eigenvalue weighted by Crippen LogP contribution is -2.50. The molecular formula is C22H27ClN2O2. The third-order valence-corrected chi connectivity index (χ3v) is 5.49. The highest BCUT2D eigenvalue weighted by Crippen LogP contribution is 2.26. The Morgan fingerprint density at radius 3 is 2.44 bits per heavy atom. The third-order valence-electron chi connectivity index (χ3n) is 5.24. The highest BCUT2D eigenvalue weighted by atomic mass is 35.5. The molecule has 4 nitrogen and oxygen atoms in total. The van der Waals surface area contributed by atoms with Crippen LogP contribution in [-0.4, -0.2) is 49.0 Å². The second-order valence-corrected chi connectivity index (χ2v) is 7.36. The molecule has 1 aliphatic rings. The average molecular weight is 387 g/mol. The van der Waals surface area contributed by atoms with Gasteiger partial charge in [0.1, 0.15) is 5.75 Å². The lowest BCUT2D eigenvalue weighted by molar-refractivity contribution is -0.132. The molecular weight excluding hydrogens is 360 g/mol. The zero-order valence-electron chi connectivity index (χ0n) is 16.0. The fourth-order valence-corrected chi connectivity index (χ4v) is 3.87. The van der Waals surface area contributed by atoms with E-state index in [0.717, 1.165) is 48.9 Å². The number of rotatable bonds is 6. The molecule has 1 aliphatic heterocycles. The van der Waals surface area contributed by atoms with Crippen LogP contribution < -0.4 is 4.74 Å². The predicted molar refractivity (Wildman–Crippen MR) is 109 cm³/mol. The number of methoxy groups -OCH3 is 1. The van der Waals surface area contributed by atoms with Gasteiger partial charge in [-0.05, 0) is 41.8 Å². The summed E-state index contributed by atoms with van der Waals surface area (Å²) < 4.78 is 5.24. The van der Waals surface area contributed by atoms with Crippen LogP contribution in [0.2, 0.25) is 5.02 Å². The Labute approximate surface area is 166 Å². The van der Waals surface area contributed by atoms with Crippen molar-refractivity contribution < 1.29 is 9.53 Å². The first-order chi connectivity index (χ1) is 13.1. The van der Waals surface area contributed by atoms with Crippen molar-refractivity contribution in [3.63, 3.8) is 0 Å². The molecule has 5 heteroatoms. The Bertz CT molecular complexity index is 755. The number of halogens is 1. The first-order valence-electron chi connectivity index (χ1n) is 9.51. The number of nitrogens with zero attached hydrogens (tertiary/aromatic N) is 2. The summed E-state index contributed by atoms with van der Waals surface area (Å²) in [6, 6.07) is 16.2. The summed E-state index contributed by atoms with van der Waals surface area (Å²) in [5.74, 6) is 0.973. The molecule has 1 heterocycles. The number of carbonyl (C=O) groups is 1. The van der Waals surface area contributed by atoms with Gasteiger partial charge in [-0.1, -0.05) is 42.8 Å². The molecule has 3 rings (SSSR count). The standard InChI is InChI=1S/C22H27ClN2O2/c1-3-21(18-7-9-19(23)10-8-18)24-11-13-25(14-12-24)22(26)16-17-5-4-6-20(15-17)27-2/h4-10,15,21H,3,11-14,16H2,1-2H3. The minimum absolute atomic E-state index is 0.183. The topological polar surface area (TPSA) is 32.8 Å². The van der Waals surface area contributed by atoms with E-state index < -0.39 is 0 Å². The number of amides is 1. The largest absolute Gasteiger partial charge is 0.497 e. The molecule has 1 atom stereocenters. The van der Waals surface area contributed by atoms with E-state index >= 15 is 0 Å². The molecule has 0 radical (unpaired) electrons. The molecule has 0 N–H and O–H groups in total. The van der Waals surface area contributed by atoms with Gasteiger partial charge in [-0.25, -0.2) is 0 Å². The molecule has 0 aromatic heterocycles. The minimum atomic E-state index is 0.183. The molecule has 144 valence electrons. The maximum absolute atomic E-state index is 12.7. The maximum Gasteiger partial charge on any atom is 0.227 e. The molecule has 1 fully saturated rings. The van der Waals surface area contributed by atoms with Crippen molar-refractivity contribution in [1.29, 1.82) is 0 Å². The van der Waals surface area contributed by atoms with Crippen molar-refractivity contribution >= 4 is 17.5 Å². The van der Waals surface area contributed by atoms with E-state index in [1.54, 1.807) is 7.11 Å². The van der Waals surface area contributed by atoms with Gasteiger partial charge in [0.15, 0.2) is 0 Å². The van der Waals surface area contributed by atoms with Crippen LogP contribution in [-0.2, 0) is 11.2 Å². The van der Waals surface area contributed by atoms with E-state index in [1.807, 2.05) is 41.3 Å². The van der Waals surface area contributed by atoms with Crippen LogP contribution in [0.5, 0.6) is 5.75 Å². The lowest BCUT2D eigenvalue weighted by Gasteiger charge is -2.39. The Kier molecular flexibility index (Phi) is 6.75. The Morgan fingerprint density at radius 2 is 1.81 bits per heavy atom. The number of benzene rings is 2. The Morgan fingerprint density at radius 1 is 1.11 bits per heavy atom. The number of hydrogen-bond acceptors (Lipinski definition) is 3. The first-order valence-corrected chi connectivity index (χ1v) is 9.88. The molecule has 1 saturated heterocycles. The zero-order chi connectivity index (χ0) is 19.2. The van der Waals surface area contributed by atoms with Crippen molar-refractivity contribution in [1.82, 2.24) is 9.80 Å². The van der Waals surface area contributed by atoms with Gasteiger partial charge in [0.25, 0.3) is 0 Å². The molecule has 1 unspecified atom stereocenters. The van der Waals surface area contributed by atoms with Crippen molar-refractivity contribution in [2.75, 3.05) is 33.3 Å². The van der Waals surface area contributed by atoms with Gasteiger partial charge in [-0.3, -0.25) is 9.69 Å². The number of ether oxygens (including phenoxy) is 1. The molecule has 0 bridgehead atoms. The molecule has 2 aromatic carbocycles. The summed E-state index contributed by atoms with van der Waals surface area (Å²) in [7, 11) is 1.64. The van der Waals surface area contributed by atoms with Gasteiger partial charge in [0.2, 0.25) is 5.91 Å². The van der Waals surface area contributed by atoms with E-state index in [4.69, 9.17) is 16.3 Å². The summed E-state index contributed by atoms with van der Waals surface area (Å²) >= 11 is 6.02. The summed E-state index contributed by atoms with van der Waals surface area (Å²) in [6.45, 7) is 5.54. The van der Waals surface area contributed by atoms with Gasteiger partial charge in [-0.15, -0.1) is 0 Å². The zero-order valence-corrected chi connectivity index (χ0v) is 16.8. The van der Waals surface area contributed by atoms with Crippen LogP contribution in [0.15, 0.2) is 48.5 Å². The van der Waals surface area contributed by atoms with E-state index in [1.165, 1.54) is 5.56 Å². The minimum Gasteiger partial charge on any atom is -0.497 e. The lowest BCUT2D eigenvalue weighted by atomic mass is 10.0. The van der Waals surface area contributed by atoms with Crippen LogP contribution in [0.4, 0.5) is 0 Å². The number of carbonyl (C=O) groups excluding carboxylic acids is 1. The Balaban J connectivity index is 1.57. The summed E-state index contributed by atoms with van der Waals surface area (Å²) in [5.41, 5.74) is 2.28. The van der Waals surface area contributed by atoms with E-state index in [-0.39, 0.29) is 5.91 Å². The van der Waals surface area contributed by atoms with Crippen LogP contribution >= 0.6 is 11.6 Å². The predicted octanol–water partition coefficient (Wildman–Crippen LogP) is 4.19. The van der Waals surface area contributed by atoms with Crippen LogP contribution in [0.3, 0.4) is 0 Å². The molecule has 0 saturated carbocycles. The fourth-order valence-electron chi connectivity index (χ4n) is 3.74. The average Bonchev–Trinajstić information content (AvgIpc) is 2.70. The molecule has 0 spiro atoms. The van der Waals surface area contributed by atoms with Crippen LogP contribution in [0.25, 0.3) is 0 Å². The van der Waals surface area contributed by atoms with Crippen LogP contribution in [0, 0.1) is 0 Å². The third kappa shape index (κ3) is 5.02. The van der Waals surface area contributed by atoms with Crippen molar-refractivity contribution in [2.24, 2.45) is 0 Å². The van der Waals surface area contributed by atoms with Gasteiger partial charge >= 0.3 is 0 Å². The molecule has 2 aromatic rings. The van der Waals surface area contributed by atoms with Gasteiger partial charge in [-0.2, -0.15) is 0 Å². The van der Waals surface area contributed by atoms with E-state index in [0.29, 0.717) is 12.5 Å². The number of hydrogen-bond donors (Lipinski definition) is 0. The molecule has 1 amide bonds. The van der Waals surface area contributed by atoms with Crippen LogP contribution in [0.1, 0.15) is 30.5 Å². The summed E-state index contributed by atoms with van der Waals surface area (Å²) in [5, 5.41) is 0.765. The van der Waals surface area contributed by atoms with E-state index in [9.17, 15) is 4.79 Å². The quantitative estimate of drug-likeness (QED) is 0.746. The first kappa shape index (κ1) is 19.7. The second kappa shape index (κ2) is 9.25. The normalized spacial score (nSPS) is 16.2. The van der Waals surface area contributed by atoms with Gasteiger partial charge in [0.05, 0.1) is 13.5 Å². The summed E-state index contributed by atoms with van der Waals surface area (Å²) in [6.07, 6.45) is 1.46. The van der Waals surface area contributed by atoms with E-state index in [2.05, 4.69) is 24.0 Å². The van der Waals surface area contributed by atoms with Gasteiger partial charge < -0.3 is 9.64 Å². The SMILES string of the molecule is CCC(c1ccc(Cl)cc1)N1CCN(C(=O)Cc2cccc(OC)c2)CC1. The van der Waals surface area contributed by atoms with Crippen molar-refractivity contribution in [3.05, 3.63) is 64.7 Å². The molecule has 0 aliphatic carbocycles. The van der Waals surface area contributed by atoms with Crippen molar-refractivity contribution in [2.45, 2.75) is 25.8 Å². The highest BCUT2D eigenvalue weighted by molar-refractivity contribution is 6.30. The highest BCUT2D eigenvalue weighted by Gasteiger charge is 2.26. The monoisotopic (exact) mass is 386 g/mol. The smallest absolute Gasteiger partial charge is 0.227 e. The molecule has 27 heavy (non-hydrogen) atoms. The second-order valence-electron chi connectivity index (χ2n) is 6.92. The Hall–Kier alpha value is -2.04. The van der Waals surface area contributed by atoms with Gasteiger partial charge in [0, 0.05) is 37.2 Å². The number of piperazine rings is 1. The maximum atomic E-state index is 12.7. The fraction of sp³-hybridized carbons (Fsp3) is 0.409.